The van der Waals surface area contributed by atoms with Crippen LogP contribution in [-0.2, 0) is 0 Å². The molecular weight excluding hydrogens is 230 g/mol. The van der Waals surface area contributed by atoms with Crippen LogP contribution in [0.1, 0.15) is 24.3 Å². The van der Waals surface area contributed by atoms with Crippen molar-refractivity contribution < 1.29 is 9.90 Å². The molecule has 0 radical (unpaired) electrons. The molecule has 1 aromatic rings. The zero-order valence-corrected chi connectivity index (χ0v) is 10.8. The van der Waals surface area contributed by atoms with E-state index in [4.69, 9.17) is 0 Å². The number of hydrogen-bond acceptors (Lipinski definition) is 4. The molecule has 1 N–H and O–H groups in total. The van der Waals surface area contributed by atoms with Crippen LogP contribution in [-0.4, -0.2) is 58.0 Å². The van der Waals surface area contributed by atoms with E-state index in [9.17, 15) is 9.90 Å². The van der Waals surface area contributed by atoms with Crippen molar-refractivity contribution in [1.29, 1.82) is 0 Å². The minimum absolute atomic E-state index is 0.0481. The predicted molar refractivity (Wildman–Crippen MR) is 68.5 cm³/mol. The van der Waals surface area contributed by atoms with Crippen LogP contribution < -0.4 is 0 Å². The minimum Gasteiger partial charge on any atom is -0.505 e. The van der Waals surface area contributed by atoms with Crippen LogP contribution in [0.2, 0.25) is 0 Å². The standard InChI is InChI=1S/C13H19N3O2/c1-3-15-7-8-16(9-10(15)2)13(18)12-11(17)5-4-6-14-12/h4-6,10,17H,3,7-9H2,1-2H3. The molecule has 2 heterocycles. The first-order valence-electron chi connectivity index (χ1n) is 6.30. The van der Waals surface area contributed by atoms with Gasteiger partial charge in [-0.15, -0.1) is 0 Å². The van der Waals surface area contributed by atoms with Crippen LogP contribution in [0.15, 0.2) is 18.3 Å². The zero-order valence-electron chi connectivity index (χ0n) is 10.8. The summed E-state index contributed by atoms with van der Waals surface area (Å²) in [4.78, 5) is 20.3. The molecule has 0 saturated carbocycles. The molecule has 0 aliphatic carbocycles. The second-order valence-electron chi connectivity index (χ2n) is 4.60. The van der Waals surface area contributed by atoms with Gasteiger partial charge in [-0.1, -0.05) is 6.92 Å². The summed E-state index contributed by atoms with van der Waals surface area (Å²) in [6, 6.07) is 3.45. The molecule has 1 atom stereocenters. The molecule has 1 aromatic heterocycles. The molecule has 5 nitrogen and oxygen atoms in total. The zero-order chi connectivity index (χ0) is 13.1. The van der Waals surface area contributed by atoms with Crippen molar-refractivity contribution in [1.82, 2.24) is 14.8 Å². The number of pyridine rings is 1. The number of nitrogens with zero attached hydrogens (tertiary/aromatic N) is 3. The Morgan fingerprint density at radius 3 is 2.94 bits per heavy atom. The number of carbonyl (C=O) groups excluding carboxylic acids is 1. The number of aromatic nitrogens is 1. The molecule has 18 heavy (non-hydrogen) atoms. The van der Waals surface area contributed by atoms with Gasteiger partial charge in [0.15, 0.2) is 5.69 Å². The molecule has 1 saturated heterocycles. The molecule has 1 unspecified atom stereocenters. The number of hydrogen-bond donors (Lipinski definition) is 1. The van der Waals surface area contributed by atoms with Crippen molar-refractivity contribution >= 4 is 5.91 Å². The van der Waals surface area contributed by atoms with E-state index in [2.05, 4.69) is 23.7 Å². The molecule has 1 fully saturated rings. The number of rotatable bonds is 2. The Labute approximate surface area is 107 Å². The third-order valence-electron chi connectivity index (χ3n) is 3.45. The maximum atomic E-state index is 12.2. The molecular formula is C13H19N3O2. The summed E-state index contributed by atoms with van der Waals surface area (Å²) >= 11 is 0. The van der Waals surface area contributed by atoms with Gasteiger partial charge in [0.1, 0.15) is 5.75 Å². The fourth-order valence-corrected chi connectivity index (χ4v) is 2.36. The fourth-order valence-electron chi connectivity index (χ4n) is 2.36. The average molecular weight is 249 g/mol. The van der Waals surface area contributed by atoms with Gasteiger partial charge in [-0.05, 0) is 25.6 Å². The van der Waals surface area contributed by atoms with Gasteiger partial charge in [-0.25, -0.2) is 4.98 Å². The van der Waals surface area contributed by atoms with E-state index in [1.807, 2.05) is 0 Å². The summed E-state index contributed by atoms with van der Waals surface area (Å²) in [6.07, 6.45) is 1.53. The third kappa shape index (κ3) is 2.46. The molecule has 1 amide bonds. The third-order valence-corrected chi connectivity index (χ3v) is 3.45. The maximum absolute atomic E-state index is 12.2. The second kappa shape index (κ2) is 5.35. The van der Waals surface area contributed by atoms with Gasteiger partial charge < -0.3 is 10.0 Å². The smallest absolute Gasteiger partial charge is 0.276 e. The van der Waals surface area contributed by atoms with Crippen molar-refractivity contribution in [2.75, 3.05) is 26.2 Å². The molecule has 0 bridgehead atoms. The normalized spacial score (nSPS) is 21.0. The first kappa shape index (κ1) is 12.8. The predicted octanol–water partition coefficient (Wildman–Crippen LogP) is 0.953. The summed E-state index contributed by atoms with van der Waals surface area (Å²) in [6.45, 7) is 7.48. The van der Waals surface area contributed by atoms with Gasteiger partial charge in [0, 0.05) is 31.9 Å². The Morgan fingerprint density at radius 2 is 2.33 bits per heavy atom. The SMILES string of the molecule is CCN1CCN(C(=O)c2ncccc2O)CC1C. The van der Waals surface area contributed by atoms with E-state index in [-0.39, 0.29) is 17.4 Å². The van der Waals surface area contributed by atoms with E-state index in [0.29, 0.717) is 19.1 Å². The molecule has 5 heteroatoms. The molecule has 2 rings (SSSR count). The van der Waals surface area contributed by atoms with Crippen molar-refractivity contribution in [3.05, 3.63) is 24.0 Å². The van der Waals surface area contributed by atoms with Gasteiger partial charge >= 0.3 is 0 Å². The summed E-state index contributed by atoms with van der Waals surface area (Å²) < 4.78 is 0. The fraction of sp³-hybridized carbons (Fsp3) is 0.538. The van der Waals surface area contributed by atoms with Gasteiger partial charge in [-0.2, -0.15) is 0 Å². The molecule has 1 aliphatic rings. The largest absolute Gasteiger partial charge is 0.505 e. The lowest BCUT2D eigenvalue weighted by Gasteiger charge is -2.39. The average Bonchev–Trinajstić information content (AvgIpc) is 2.38. The first-order valence-corrected chi connectivity index (χ1v) is 6.30. The summed E-state index contributed by atoms with van der Waals surface area (Å²) in [5.74, 6) is -0.233. The minimum atomic E-state index is -0.185. The molecule has 98 valence electrons. The lowest BCUT2D eigenvalue weighted by Crippen LogP contribution is -2.53. The van der Waals surface area contributed by atoms with Crippen LogP contribution in [0.25, 0.3) is 0 Å². The quantitative estimate of drug-likeness (QED) is 0.848. The van der Waals surface area contributed by atoms with E-state index in [1.54, 1.807) is 11.0 Å². The summed E-state index contributed by atoms with van der Waals surface area (Å²) in [7, 11) is 0. The van der Waals surface area contributed by atoms with Crippen molar-refractivity contribution in [2.24, 2.45) is 0 Å². The van der Waals surface area contributed by atoms with Crippen LogP contribution in [0, 0.1) is 0 Å². The lowest BCUT2D eigenvalue weighted by molar-refractivity contribution is 0.0520. The monoisotopic (exact) mass is 249 g/mol. The highest BCUT2D eigenvalue weighted by atomic mass is 16.3. The number of carbonyl (C=O) groups is 1. The van der Waals surface area contributed by atoms with Crippen LogP contribution in [0.3, 0.4) is 0 Å². The molecule has 1 aliphatic heterocycles. The van der Waals surface area contributed by atoms with Gasteiger partial charge in [-0.3, -0.25) is 9.69 Å². The summed E-state index contributed by atoms with van der Waals surface area (Å²) in [5, 5.41) is 9.66. The van der Waals surface area contributed by atoms with Gasteiger partial charge in [0.05, 0.1) is 0 Å². The Morgan fingerprint density at radius 1 is 1.56 bits per heavy atom. The topological polar surface area (TPSA) is 56.7 Å². The van der Waals surface area contributed by atoms with Crippen molar-refractivity contribution in [3.8, 4) is 5.75 Å². The van der Waals surface area contributed by atoms with Crippen LogP contribution in [0.5, 0.6) is 5.75 Å². The van der Waals surface area contributed by atoms with E-state index in [1.165, 1.54) is 12.3 Å². The second-order valence-corrected chi connectivity index (χ2v) is 4.60. The highest BCUT2D eigenvalue weighted by Crippen LogP contribution is 2.17. The van der Waals surface area contributed by atoms with Crippen molar-refractivity contribution in [3.63, 3.8) is 0 Å². The highest BCUT2D eigenvalue weighted by Gasteiger charge is 2.28. The highest BCUT2D eigenvalue weighted by molar-refractivity contribution is 5.94. The number of piperazine rings is 1. The Bertz CT molecular complexity index is 436. The van der Waals surface area contributed by atoms with E-state index in [0.717, 1.165) is 13.1 Å². The first-order chi connectivity index (χ1) is 8.63. The summed E-state index contributed by atoms with van der Waals surface area (Å²) in [5.41, 5.74) is 0.148. The van der Waals surface area contributed by atoms with Crippen molar-refractivity contribution in [2.45, 2.75) is 19.9 Å². The molecule has 0 aromatic carbocycles. The van der Waals surface area contributed by atoms with Crippen LogP contribution >= 0.6 is 0 Å². The molecule has 0 spiro atoms. The van der Waals surface area contributed by atoms with Gasteiger partial charge in [0.2, 0.25) is 0 Å². The number of likely N-dealkylation sites (N-methyl/N-ethyl adjacent to an activating group) is 1. The van der Waals surface area contributed by atoms with E-state index < -0.39 is 0 Å². The maximum Gasteiger partial charge on any atom is 0.276 e. The Balaban J connectivity index is 2.10. The van der Waals surface area contributed by atoms with Gasteiger partial charge in [0.25, 0.3) is 5.91 Å². The Kier molecular flexibility index (Phi) is 3.81. The van der Waals surface area contributed by atoms with E-state index >= 15 is 0 Å². The number of amides is 1. The van der Waals surface area contributed by atoms with Crippen LogP contribution in [0.4, 0.5) is 0 Å². The number of aromatic hydroxyl groups is 1. The lowest BCUT2D eigenvalue weighted by atomic mass is 10.1. The Hall–Kier alpha value is -1.62.